The van der Waals surface area contributed by atoms with Crippen LogP contribution in [0, 0.1) is 5.92 Å². The Morgan fingerprint density at radius 1 is 1.22 bits per heavy atom. The molecular weight excluding hydrogens is 288 g/mol. The summed E-state index contributed by atoms with van der Waals surface area (Å²) < 4.78 is 18.4. The van der Waals surface area contributed by atoms with Crippen molar-refractivity contribution in [2.75, 3.05) is 13.2 Å². The smallest absolute Gasteiger partial charge is 0.168 e. The molecular formula is C20H28O3. The van der Waals surface area contributed by atoms with Gasteiger partial charge < -0.3 is 14.2 Å². The summed E-state index contributed by atoms with van der Waals surface area (Å²) in [5.74, 6) is 0.0133. The first kappa shape index (κ1) is 16.7. The maximum absolute atomic E-state index is 6.36. The van der Waals surface area contributed by atoms with Gasteiger partial charge in [-0.1, -0.05) is 42.8 Å². The van der Waals surface area contributed by atoms with E-state index in [1.165, 1.54) is 24.8 Å². The van der Waals surface area contributed by atoms with Gasteiger partial charge in [-0.2, -0.15) is 0 Å². The van der Waals surface area contributed by atoms with E-state index in [9.17, 15) is 0 Å². The van der Waals surface area contributed by atoms with Crippen LogP contribution in [0.4, 0.5) is 0 Å². The third-order valence-corrected chi connectivity index (χ3v) is 4.93. The number of allylic oxidation sites excluding steroid dienone is 1. The Hall–Kier alpha value is -1.16. The molecule has 0 radical (unpaired) electrons. The van der Waals surface area contributed by atoms with Gasteiger partial charge in [0.05, 0.1) is 25.9 Å². The standard InChI is InChI=1S/C20H28O3/c1-2-9-18(15-21-14-17-10-5-3-6-11-17)19-16-22-20(23-19)12-7-4-8-13-20/h2-3,5-6,10-11,18-19H,1,4,7-9,12-16H2/t18-,19-/m1/s1. The molecule has 2 fully saturated rings. The van der Waals surface area contributed by atoms with E-state index in [0.717, 1.165) is 19.3 Å². The van der Waals surface area contributed by atoms with Crippen LogP contribution in [0.5, 0.6) is 0 Å². The van der Waals surface area contributed by atoms with E-state index in [1.54, 1.807) is 0 Å². The fourth-order valence-electron chi connectivity index (χ4n) is 3.61. The van der Waals surface area contributed by atoms with Crippen molar-refractivity contribution in [3.8, 4) is 0 Å². The molecule has 2 aliphatic rings. The molecule has 0 bridgehead atoms. The van der Waals surface area contributed by atoms with Gasteiger partial charge in [-0.25, -0.2) is 0 Å². The minimum atomic E-state index is -0.304. The molecule has 3 nitrogen and oxygen atoms in total. The summed E-state index contributed by atoms with van der Waals surface area (Å²) in [6.45, 7) is 5.91. The molecule has 1 saturated carbocycles. The molecule has 3 rings (SSSR count). The lowest BCUT2D eigenvalue weighted by atomic mass is 9.94. The van der Waals surface area contributed by atoms with Crippen LogP contribution in [-0.4, -0.2) is 25.1 Å². The third kappa shape index (κ3) is 4.43. The van der Waals surface area contributed by atoms with E-state index in [1.807, 2.05) is 24.3 Å². The summed E-state index contributed by atoms with van der Waals surface area (Å²) in [7, 11) is 0. The molecule has 1 aromatic carbocycles. The maximum Gasteiger partial charge on any atom is 0.168 e. The first-order valence-electron chi connectivity index (χ1n) is 8.86. The highest BCUT2D eigenvalue weighted by molar-refractivity contribution is 5.13. The number of rotatable bonds is 7. The molecule has 1 saturated heterocycles. The predicted molar refractivity (Wildman–Crippen MR) is 91.0 cm³/mol. The zero-order chi connectivity index (χ0) is 16.0. The quantitative estimate of drug-likeness (QED) is 0.695. The first-order valence-corrected chi connectivity index (χ1v) is 8.86. The molecule has 1 aliphatic heterocycles. The molecule has 0 unspecified atom stereocenters. The van der Waals surface area contributed by atoms with Gasteiger partial charge in [0.2, 0.25) is 0 Å². The Morgan fingerprint density at radius 2 is 2.00 bits per heavy atom. The second-order valence-electron chi connectivity index (χ2n) is 6.72. The molecule has 126 valence electrons. The Balaban J connectivity index is 1.51. The highest BCUT2D eigenvalue weighted by atomic mass is 16.7. The predicted octanol–water partition coefficient (Wildman–Crippen LogP) is 4.47. The Morgan fingerprint density at radius 3 is 2.74 bits per heavy atom. The largest absolute Gasteiger partial charge is 0.376 e. The van der Waals surface area contributed by atoms with E-state index in [2.05, 4.69) is 18.7 Å². The number of hydrogen-bond donors (Lipinski definition) is 0. The molecule has 0 N–H and O–H groups in total. The SMILES string of the molecule is C=CC[C@H](COCc1ccccc1)[C@H]1COC2(CCCCC2)O1. The van der Waals surface area contributed by atoms with Gasteiger partial charge in [0, 0.05) is 18.8 Å². The van der Waals surface area contributed by atoms with E-state index in [-0.39, 0.29) is 11.9 Å². The van der Waals surface area contributed by atoms with Crippen LogP contribution >= 0.6 is 0 Å². The lowest BCUT2D eigenvalue weighted by Crippen LogP contribution is -2.35. The average molecular weight is 316 g/mol. The van der Waals surface area contributed by atoms with Crippen LogP contribution in [0.3, 0.4) is 0 Å². The fourth-order valence-corrected chi connectivity index (χ4v) is 3.61. The molecule has 0 amide bonds. The van der Waals surface area contributed by atoms with Crippen LogP contribution in [0.15, 0.2) is 43.0 Å². The van der Waals surface area contributed by atoms with Gasteiger partial charge in [0.15, 0.2) is 5.79 Å². The number of hydrogen-bond acceptors (Lipinski definition) is 3. The van der Waals surface area contributed by atoms with E-state index in [0.29, 0.717) is 25.7 Å². The molecule has 0 aromatic heterocycles. The summed E-state index contributed by atoms with van der Waals surface area (Å²) in [5.41, 5.74) is 1.21. The fraction of sp³-hybridized carbons (Fsp3) is 0.600. The average Bonchev–Trinajstić information content (AvgIpc) is 2.99. The highest BCUT2D eigenvalue weighted by Crippen LogP contribution is 2.39. The maximum atomic E-state index is 6.36. The topological polar surface area (TPSA) is 27.7 Å². The second kappa shape index (κ2) is 8.09. The third-order valence-electron chi connectivity index (χ3n) is 4.93. The minimum absolute atomic E-state index is 0.127. The molecule has 1 spiro atoms. The highest BCUT2D eigenvalue weighted by Gasteiger charge is 2.44. The lowest BCUT2D eigenvalue weighted by molar-refractivity contribution is -0.193. The molecule has 23 heavy (non-hydrogen) atoms. The van der Waals surface area contributed by atoms with Crippen molar-refractivity contribution in [1.82, 2.24) is 0 Å². The van der Waals surface area contributed by atoms with Crippen molar-refractivity contribution in [2.45, 2.75) is 57.0 Å². The zero-order valence-corrected chi connectivity index (χ0v) is 13.9. The summed E-state index contributed by atoms with van der Waals surface area (Å²) >= 11 is 0. The van der Waals surface area contributed by atoms with Crippen LogP contribution < -0.4 is 0 Å². The summed E-state index contributed by atoms with van der Waals surface area (Å²) in [4.78, 5) is 0. The van der Waals surface area contributed by atoms with Gasteiger partial charge in [0.25, 0.3) is 0 Å². The monoisotopic (exact) mass is 316 g/mol. The molecule has 3 heteroatoms. The Kier molecular flexibility index (Phi) is 5.87. The van der Waals surface area contributed by atoms with Gasteiger partial charge in [-0.3, -0.25) is 0 Å². The summed E-state index contributed by atoms with van der Waals surface area (Å²) in [6, 6.07) is 10.3. The van der Waals surface area contributed by atoms with Crippen LogP contribution in [0.25, 0.3) is 0 Å². The summed E-state index contributed by atoms with van der Waals surface area (Å²) in [6.07, 6.45) is 8.79. The van der Waals surface area contributed by atoms with Gasteiger partial charge >= 0.3 is 0 Å². The van der Waals surface area contributed by atoms with Crippen molar-refractivity contribution >= 4 is 0 Å². The van der Waals surface area contributed by atoms with Crippen molar-refractivity contribution in [3.63, 3.8) is 0 Å². The lowest BCUT2D eigenvalue weighted by Gasteiger charge is -2.32. The second-order valence-corrected chi connectivity index (χ2v) is 6.72. The van der Waals surface area contributed by atoms with Crippen LogP contribution in [0.1, 0.15) is 44.1 Å². The molecule has 1 aromatic rings. The van der Waals surface area contributed by atoms with Crippen molar-refractivity contribution in [3.05, 3.63) is 48.6 Å². The first-order chi connectivity index (χ1) is 11.3. The van der Waals surface area contributed by atoms with Crippen LogP contribution in [-0.2, 0) is 20.8 Å². The molecule has 1 aliphatic carbocycles. The van der Waals surface area contributed by atoms with E-state index in [4.69, 9.17) is 14.2 Å². The minimum Gasteiger partial charge on any atom is -0.376 e. The van der Waals surface area contributed by atoms with Crippen molar-refractivity contribution in [2.24, 2.45) is 5.92 Å². The zero-order valence-electron chi connectivity index (χ0n) is 13.9. The normalized spacial score (nSPS) is 24.6. The van der Waals surface area contributed by atoms with Gasteiger partial charge in [-0.15, -0.1) is 6.58 Å². The van der Waals surface area contributed by atoms with E-state index < -0.39 is 0 Å². The van der Waals surface area contributed by atoms with Gasteiger partial charge in [0.1, 0.15) is 0 Å². The number of benzene rings is 1. The Labute approximate surface area is 139 Å². The van der Waals surface area contributed by atoms with Crippen molar-refractivity contribution in [1.29, 1.82) is 0 Å². The molecule has 2 atom stereocenters. The van der Waals surface area contributed by atoms with Crippen molar-refractivity contribution < 1.29 is 14.2 Å². The van der Waals surface area contributed by atoms with Gasteiger partial charge in [-0.05, 0) is 24.8 Å². The number of ether oxygens (including phenoxy) is 3. The molecule has 1 heterocycles. The van der Waals surface area contributed by atoms with E-state index >= 15 is 0 Å². The summed E-state index contributed by atoms with van der Waals surface area (Å²) in [5, 5.41) is 0. The Bertz CT molecular complexity index is 479. The van der Waals surface area contributed by atoms with Crippen LogP contribution in [0.2, 0.25) is 0 Å².